The van der Waals surface area contributed by atoms with Gasteiger partial charge in [0.05, 0.1) is 12.4 Å². The van der Waals surface area contributed by atoms with Crippen molar-refractivity contribution in [2.45, 2.75) is 12.8 Å². The fourth-order valence-corrected chi connectivity index (χ4v) is 2.94. The molecule has 1 aromatic rings. The minimum Gasteiger partial charge on any atom is -0.385 e. The largest absolute Gasteiger partial charge is 0.385 e. The molecule has 0 aromatic heterocycles. The van der Waals surface area contributed by atoms with Gasteiger partial charge in [-0.2, -0.15) is 0 Å². The van der Waals surface area contributed by atoms with Crippen molar-refractivity contribution in [2.75, 3.05) is 36.1 Å². The third-order valence-electron chi connectivity index (χ3n) is 2.87. The van der Waals surface area contributed by atoms with Crippen molar-refractivity contribution in [1.82, 2.24) is 0 Å². The Bertz CT molecular complexity index is 514. The summed E-state index contributed by atoms with van der Waals surface area (Å²) in [6, 6.07) is 5.59. The zero-order valence-corrected chi connectivity index (χ0v) is 11.2. The van der Waals surface area contributed by atoms with Crippen LogP contribution in [-0.2, 0) is 21.2 Å². The standard InChI is InChI=1S/C12H18N2O3S/c1-17-7-8-18(15,16)14-11-4-5-12-10(9-11)3-2-6-13-12/h4-5,9,13-14H,2-3,6-8H2,1H3. The zero-order chi connectivity index (χ0) is 13.0. The molecule has 0 fully saturated rings. The summed E-state index contributed by atoms with van der Waals surface area (Å²) in [6.45, 7) is 1.17. The van der Waals surface area contributed by atoms with Gasteiger partial charge < -0.3 is 10.1 Å². The van der Waals surface area contributed by atoms with Gasteiger partial charge in [0, 0.05) is 25.0 Å². The molecule has 0 radical (unpaired) electrons. The van der Waals surface area contributed by atoms with E-state index in [-0.39, 0.29) is 12.4 Å². The van der Waals surface area contributed by atoms with Crippen LogP contribution < -0.4 is 10.0 Å². The first kappa shape index (κ1) is 13.2. The zero-order valence-electron chi connectivity index (χ0n) is 10.4. The van der Waals surface area contributed by atoms with E-state index in [1.165, 1.54) is 7.11 Å². The number of aryl methyl sites for hydroxylation is 1. The van der Waals surface area contributed by atoms with Crippen LogP contribution in [0.5, 0.6) is 0 Å². The lowest BCUT2D eigenvalue weighted by molar-refractivity contribution is 0.217. The van der Waals surface area contributed by atoms with Gasteiger partial charge in [-0.05, 0) is 36.6 Å². The Labute approximate surface area is 108 Å². The summed E-state index contributed by atoms with van der Waals surface area (Å²) in [5.74, 6) is -0.0289. The quantitative estimate of drug-likeness (QED) is 0.849. The van der Waals surface area contributed by atoms with E-state index in [9.17, 15) is 8.42 Å². The van der Waals surface area contributed by atoms with Gasteiger partial charge >= 0.3 is 0 Å². The molecule has 0 saturated heterocycles. The van der Waals surface area contributed by atoms with E-state index in [0.717, 1.165) is 30.6 Å². The van der Waals surface area contributed by atoms with Gasteiger partial charge in [0.2, 0.25) is 10.0 Å². The highest BCUT2D eigenvalue weighted by molar-refractivity contribution is 7.92. The lowest BCUT2D eigenvalue weighted by atomic mass is 10.0. The summed E-state index contributed by atoms with van der Waals surface area (Å²) < 4.78 is 30.8. The smallest absolute Gasteiger partial charge is 0.234 e. The summed E-state index contributed by atoms with van der Waals surface area (Å²) in [4.78, 5) is 0. The van der Waals surface area contributed by atoms with Gasteiger partial charge in [-0.25, -0.2) is 8.42 Å². The molecule has 2 N–H and O–H groups in total. The van der Waals surface area contributed by atoms with Gasteiger partial charge in [-0.15, -0.1) is 0 Å². The van der Waals surface area contributed by atoms with Gasteiger partial charge in [0.15, 0.2) is 0 Å². The molecule has 0 amide bonds. The molecule has 0 bridgehead atoms. The summed E-state index contributed by atoms with van der Waals surface area (Å²) in [7, 11) is -1.83. The summed E-state index contributed by atoms with van der Waals surface area (Å²) in [6.07, 6.45) is 2.06. The maximum Gasteiger partial charge on any atom is 0.234 e. The third-order valence-corrected chi connectivity index (χ3v) is 4.12. The predicted molar refractivity (Wildman–Crippen MR) is 72.5 cm³/mol. The molecule has 2 rings (SSSR count). The summed E-state index contributed by atoms with van der Waals surface area (Å²) >= 11 is 0. The van der Waals surface area contributed by atoms with Crippen LogP contribution in [0.4, 0.5) is 11.4 Å². The molecule has 0 unspecified atom stereocenters. The number of sulfonamides is 1. The molecule has 0 aliphatic carbocycles. The molecule has 1 aliphatic heterocycles. The Morgan fingerprint density at radius 1 is 1.44 bits per heavy atom. The SMILES string of the molecule is COCCS(=O)(=O)Nc1ccc2c(c1)CCCN2. The molecule has 5 nitrogen and oxygen atoms in total. The molecule has 0 atom stereocenters. The number of rotatable bonds is 5. The minimum absolute atomic E-state index is 0.0289. The Morgan fingerprint density at radius 2 is 2.28 bits per heavy atom. The number of ether oxygens (including phenoxy) is 1. The molecule has 6 heteroatoms. The third kappa shape index (κ3) is 3.36. The van der Waals surface area contributed by atoms with Crippen LogP contribution in [0.15, 0.2) is 18.2 Å². The highest BCUT2D eigenvalue weighted by Gasteiger charge is 2.13. The molecule has 1 aromatic carbocycles. The summed E-state index contributed by atoms with van der Waals surface area (Å²) in [5, 5.41) is 3.29. The topological polar surface area (TPSA) is 67.4 Å². The second-order valence-corrected chi connectivity index (χ2v) is 6.16. The molecular formula is C12H18N2O3S. The average molecular weight is 270 g/mol. The van der Waals surface area contributed by atoms with Crippen molar-refractivity contribution in [3.05, 3.63) is 23.8 Å². The molecule has 18 heavy (non-hydrogen) atoms. The Morgan fingerprint density at radius 3 is 3.06 bits per heavy atom. The van der Waals surface area contributed by atoms with Crippen LogP contribution in [0.1, 0.15) is 12.0 Å². The second kappa shape index (κ2) is 5.58. The second-order valence-electron chi connectivity index (χ2n) is 4.32. The van der Waals surface area contributed by atoms with Crippen molar-refractivity contribution < 1.29 is 13.2 Å². The van der Waals surface area contributed by atoms with Crippen LogP contribution in [0, 0.1) is 0 Å². The number of nitrogens with one attached hydrogen (secondary N) is 2. The number of hydrogen-bond acceptors (Lipinski definition) is 4. The number of anilines is 2. The molecular weight excluding hydrogens is 252 g/mol. The van der Waals surface area contributed by atoms with Crippen LogP contribution >= 0.6 is 0 Å². The first-order chi connectivity index (χ1) is 8.61. The fraction of sp³-hybridized carbons (Fsp3) is 0.500. The molecule has 1 heterocycles. The number of hydrogen-bond donors (Lipinski definition) is 2. The first-order valence-corrected chi connectivity index (χ1v) is 7.62. The van der Waals surface area contributed by atoms with Gasteiger partial charge in [0.1, 0.15) is 0 Å². The van der Waals surface area contributed by atoms with Crippen molar-refractivity contribution in [1.29, 1.82) is 0 Å². The highest BCUT2D eigenvalue weighted by Crippen LogP contribution is 2.25. The Balaban J connectivity index is 2.10. The van der Waals surface area contributed by atoms with Crippen LogP contribution in [0.25, 0.3) is 0 Å². The number of benzene rings is 1. The average Bonchev–Trinajstić information content (AvgIpc) is 2.36. The van der Waals surface area contributed by atoms with Crippen LogP contribution in [-0.4, -0.2) is 34.4 Å². The van der Waals surface area contributed by atoms with E-state index in [1.54, 1.807) is 6.07 Å². The van der Waals surface area contributed by atoms with Crippen LogP contribution in [0.3, 0.4) is 0 Å². The van der Waals surface area contributed by atoms with Crippen molar-refractivity contribution in [3.8, 4) is 0 Å². The highest BCUT2D eigenvalue weighted by atomic mass is 32.2. The Kier molecular flexibility index (Phi) is 4.08. The van der Waals surface area contributed by atoms with Gasteiger partial charge in [-0.1, -0.05) is 0 Å². The lowest BCUT2D eigenvalue weighted by Crippen LogP contribution is -2.20. The molecule has 0 saturated carbocycles. The monoisotopic (exact) mass is 270 g/mol. The van der Waals surface area contributed by atoms with Gasteiger partial charge in [0.25, 0.3) is 0 Å². The number of fused-ring (bicyclic) bond motifs is 1. The maximum atomic E-state index is 11.7. The van der Waals surface area contributed by atoms with E-state index in [0.29, 0.717) is 5.69 Å². The normalized spacial score (nSPS) is 14.7. The van der Waals surface area contributed by atoms with E-state index in [2.05, 4.69) is 10.0 Å². The minimum atomic E-state index is -3.32. The molecule has 0 spiro atoms. The van der Waals surface area contributed by atoms with Crippen molar-refractivity contribution in [2.24, 2.45) is 0 Å². The van der Waals surface area contributed by atoms with Crippen LogP contribution in [0.2, 0.25) is 0 Å². The molecule has 1 aliphatic rings. The number of methoxy groups -OCH3 is 1. The first-order valence-electron chi connectivity index (χ1n) is 5.97. The van der Waals surface area contributed by atoms with E-state index in [4.69, 9.17) is 4.74 Å². The van der Waals surface area contributed by atoms with E-state index < -0.39 is 10.0 Å². The van der Waals surface area contributed by atoms with E-state index >= 15 is 0 Å². The van der Waals surface area contributed by atoms with Crippen molar-refractivity contribution >= 4 is 21.4 Å². The summed E-state index contributed by atoms with van der Waals surface area (Å²) in [5.41, 5.74) is 2.88. The maximum absolute atomic E-state index is 11.7. The fourth-order valence-electron chi connectivity index (χ4n) is 1.96. The van der Waals surface area contributed by atoms with Gasteiger partial charge in [-0.3, -0.25) is 4.72 Å². The predicted octanol–water partition coefficient (Wildman–Crippen LogP) is 1.43. The molecule has 100 valence electrons. The lowest BCUT2D eigenvalue weighted by Gasteiger charge is -2.19. The van der Waals surface area contributed by atoms with Crippen molar-refractivity contribution in [3.63, 3.8) is 0 Å². The Hall–Kier alpha value is -1.27. The van der Waals surface area contributed by atoms with E-state index in [1.807, 2.05) is 12.1 Å².